The first-order valence-corrected chi connectivity index (χ1v) is 7.33. The predicted octanol–water partition coefficient (Wildman–Crippen LogP) is 3.72. The van der Waals surface area contributed by atoms with Crippen molar-refractivity contribution in [2.75, 3.05) is 6.61 Å². The summed E-state index contributed by atoms with van der Waals surface area (Å²) in [6.45, 7) is 5.60. The van der Waals surface area contributed by atoms with Gasteiger partial charge in [-0.25, -0.2) is 4.79 Å². The molecule has 0 saturated heterocycles. The molecule has 23 heavy (non-hydrogen) atoms. The van der Waals surface area contributed by atoms with Gasteiger partial charge in [-0.15, -0.1) is 0 Å². The number of rotatable bonds is 8. The fourth-order valence-corrected chi connectivity index (χ4v) is 2.15. The van der Waals surface area contributed by atoms with Crippen LogP contribution in [0.2, 0.25) is 0 Å². The predicted molar refractivity (Wildman–Crippen MR) is 88.9 cm³/mol. The minimum Gasteiger partial charge on any atom is -0.490 e. The second kappa shape index (κ2) is 7.49. The lowest BCUT2D eigenvalue weighted by molar-refractivity contribution is -0.153. The van der Waals surface area contributed by atoms with Gasteiger partial charge >= 0.3 is 5.97 Å². The fraction of sp³-hybridized carbons (Fsp3) is 0.211. The van der Waals surface area contributed by atoms with Crippen LogP contribution in [0.1, 0.15) is 12.5 Å². The van der Waals surface area contributed by atoms with Crippen LogP contribution in [0.25, 0.3) is 0 Å². The second-order valence-electron chi connectivity index (χ2n) is 5.37. The Morgan fingerprint density at radius 1 is 1.13 bits per heavy atom. The van der Waals surface area contributed by atoms with E-state index >= 15 is 0 Å². The molecule has 2 rings (SSSR count). The number of ether oxygens (including phenoxy) is 2. The van der Waals surface area contributed by atoms with Crippen molar-refractivity contribution >= 4 is 5.97 Å². The Bertz CT molecular complexity index is 649. The second-order valence-corrected chi connectivity index (χ2v) is 5.37. The van der Waals surface area contributed by atoms with E-state index in [0.29, 0.717) is 12.4 Å². The van der Waals surface area contributed by atoms with Gasteiger partial charge in [0, 0.05) is 6.42 Å². The van der Waals surface area contributed by atoms with Crippen molar-refractivity contribution in [2.45, 2.75) is 18.9 Å². The number of para-hydroxylation sites is 1. The summed E-state index contributed by atoms with van der Waals surface area (Å²) in [5, 5.41) is 9.57. The summed E-state index contributed by atoms with van der Waals surface area (Å²) < 4.78 is 11.1. The smallest absolute Gasteiger partial charge is 0.348 e. The first-order valence-electron chi connectivity index (χ1n) is 7.33. The van der Waals surface area contributed by atoms with Gasteiger partial charge in [0.05, 0.1) is 0 Å². The molecule has 0 aliphatic carbocycles. The zero-order valence-electron chi connectivity index (χ0n) is 13.1. The fourth-order valence-electron chi connectivity index (χ4n) is 2.15. The summed E-state index contributed by atoms with van der Waals surface area (Å²) in [6.07, 6.45) is 1.92. The maximum absolute atomic E-state index is 11.7. The van der Waals surface area contributed by atoms with Crippen LogP contribution in [0.4, 0.5) is 0 Å². The molecule has 0 spiro atoms. The first kappa shape index (κ1) is 16.6. The lowest BCUT2D eigenvalue weighted by Gasteiger charge is -2.26. The molecule has 4 nitrogen and oxygen atoms in total. The summed E-state index contributed by atoms with van der Waals surface area (Å²) in [6, 6.07) is 16.3. The van der Waals surface area contributed by atoms with E-state index in [4.69, 9.17) is 9.47 Å². The lowest BCUT2D eigenvalue weighted by Crippen LogP contribution is -2.43. The molecule has 2 aromatic carbocycles. The van der Waals surface area contributed by atoms with E-state index in [0.717, 1.165) is 11.3 Å². The van der Waals surface area contributed by atoms with Crippen LogP contribution >= 0.6 is 0 Å². The average molecular weight is 312 g/mol. The zero-order valence-corrected chi connectivity index (χ0v) is 13.1. The lowest BCUT2D eigenvalue weighted by atomic mass is 9.96. The van der Waals surface area contributed by atoms with Gasteiger partial charge in [-0.3, -0.25) is 0 Å². The largest absolute Gasteiger partial charge is 0.490 e. The van der Waals surface area contributed by atoms with Gasteiger partial charge in [-0.2, -0.15) is 0 Å². The maximum atomic E-state index is 11.7. The van der Waals surface area contributed by atoms with Crippen LogP contribution in [0.5, 0.6) is 11.5 Å². The minimum atomic E-state index is -1.34. The molecule has 2 aromatic rings. The molecule has 0 bridgehead atoms. The van der Waals surface area contributed by atoms with Crippen molar-refractivity contribution in [1.29, 1.82) is 0 Å². The summed E-state index contributed by atoms with van der Waals surface area (Å²) in [5.74, 6) is 0.242. The maximum Gasteiger partial charge on any atom is 0.348 e. The quantitative estimate of drug-likeness (QED) is 0.755. The molecule has 0 aliphatic rings. The van der Waals surface area contributed by atoms with E-state index < -0.39 is 11.6 Å². The average Bonchev–Trinajstić information content (AvgIpc) is 2.55. The van der Waals surface area contributed by atoms with Crippen molar-refractivity contribution < 1.29 is 19.4 Å². The molecule has 0 radical (unpaired) electrons. The van der Waals surface area contributed by atoms with Crippen LogP contribution < -0.4 is 9.47 Å². The van der Waals surface area contributed by atoms with Crippen molar-refractivity contribution in [3.8, 4) is 11.5 Å². The summed E-state index contributed by atoms with van der Waals surface area (Å²) in [7, 11) is 0. The molecule has 0 aliphatic heterocycles. The van der Waals surface area contributed by atoms with Gasteiger partial charge in [-0.05, 0) is 36.8 Å². The van der Waals surface area contributed by atoms with Gasteiger partial charge < -0.3 is 14.6 Å². The Balaban J connectivity index is 2.12. The van der Waals surface area contributed by atoms with Crippen LogP contribution in [-0.4, -0.2) is 23.3 Å². The number of hydrogen-bond donors (Lipinski definition) is 1. The third-order valence-electron chi connectivity index (χ3n) is 3.37. The Kier molecular flexibility index (Phi) is 5.41. The van der Waals surface area contributed by atoms with E-state index in [1.165, 1.54) is 0 Å². The summed E-state index contributed by atoms with van der Waals surface area (Å²) >= 11 is 0. The van der Waals surface area contributed by atoms with Gasteiger partial charge in [0.2, 0.25) is 5.60 Å². The molecule has 1 atom stereocenters. The monoisotopic (exact) mass is 312 g/mol. The number of carbonyl (C=O) groups is 1. The molecular formula is C19H20O4. The molecule has 0 heterocycles. The van der Waals surface area contributed by atoms with Crippen LogP contribution in [0.3, 0.4) is 0 Å². The highest BCUT2D eigenvalue weighted by Gasteiger charge is 2.36. The Morgan fingerprint density at radius 3 is 2.35 bits per heavy atom. The van der Waals surface area contributed by atoms with Gasteiger partial charge in [0.25, 0.3) is 0 Å². The third-order valence-corrected chi connectivity index (χ3v) is 3.37. The van der Waals surface area contributed by atoms with E-state index in [2.05, 4.69) is 6.58 Å². The Morgan fingerprint density at radius 2 is 1.78 bits per heavy atom. The third kappa shape index (κ3) is 4.61. The topological polar surface area (TPSA) is 55.8 Å². The standard InChI is InChI=1S/C19H20O4/c1-3-13-22-16-11-9-15(10-12-16)14-19(2,18(20)21)23-17-7-5-4-6-8-17/h3-12H,1,13-14H2,2H3,(H,20,21). The van der Waals surface area contributed by atoms with Gasteiger partial charge in [0.15, 0.2) is 0 Å². The molecule has 0 amide bonds. The highest BCUT2D eigenvalue weighted by atomic mass is 16.5. The van der Waals surface area contributed by atoms with Crippen molar-refractivity contribution in [3.05, 3.63) is 72.8 Å². The molecule has 0 saturated carbocycles. The van der Waals surface area contributed by atoms with Crippen LogP contribution in [-0.2, 0) is 11.2 Å². The molecule has 1 unspecified atom stereocenters. The normalized spacial score (nSPS) is 12.9. The van der Waals surface area contributed by atoms with Crippen LogP contribution in [0, 0.1) is 0 Å². The molecule has 0 aromatic heterocycles. The number of aliphatic carboxylic acids is 1. The van der Waals surface area contributed by atoms with Crippen molar-refractivity contribution in [2.24, 2.45) is 0 Å². The van der Waals surface area contributed by atoms with E-state index in [1.807, 2.05) is 42.5 Å². The van der Waals surface area contributed by atoms with Gasteiger partial charge in [0.1, 0.15) is 18.1 Å². The van der Waals surface area contributed by atoms with Crippen molar-refractivity contribution in [3.63, 3.8) is 0 Å². The Hall–Kier alpha value is -2.75. The number of carboxylic acid groups (broad SMARTS) is 1. The number of hydrogen-bond acceptors (Lipinski definition) is 3. The Labute approximate surface area is 136 Å². The number of benzene rings is 2. The molecular weight excluding hydrogens is 292 g/mol. The summed E-state index contributed by atoms with van der Waals surface area (Å²) in [5.41, 5.74) is -0.484. The van der Waals surface area contributed by atoms with Crippen molar-refractivity contribution in [1.82, 2.24) is 0 Å². The van der Waals surface area contributed by atoms with Crippen LogP contribution in [0.15, 0.2) is 67.3 Å². The summed E-state index contributed by atoms with van der Waals surface area (Å²) in [4.78, 5) is 11.7. The van der Waals surface area contributed by atoms with Gasteiger partial charge in [-0.1, -0.05) is 43.0 Å². The molecule has 0 fully saturated rings. The van der Waals surface area contributed by atoms with E-state index in [-0.39, 0.29) is 6.42 Å². The molecule has 1 N–H and O–H groups in total. The SMILES string of the molecule is C=CCOc1ccc(CC(C)(Oc2ccccc2)C(=O)O)cc1. The first-order chi connectivity index (χ1) is 11.0. The highest BCUT2D eigenvalue weighted by Crippen LogP contribution is 2.24. The zero-order chi connectivity index (χ0) is 16.7. The molecule has 4 heteroatoms. The minimum absolute atomic E-state index is 0.249. The van der Waals surface area contributed by atoms with E-state index in [9.17, 15) is 9.90 Å². The molecule has 120 valence electrons. The van der Waals surface area contributed by atoms with E-state index in [1.54, 1.807) is 25.1 Å². The highest BCUT2D eigenvalue weighted by molar-refractivity contribution is 5.78. The number of carboxylic acids is 1.